The van der Waals surface area contributed by atoms with Crippen LogP contribution in [-0.4, -0.2) is 37.6 Å². The summed E-state index contributed by atoms with van der Waals surface area (Å²) in [6, 6.07) is -1.54. The molecular formula is C5H11NO10P2. The van der Waals surface area contributed by atoms with Crippen molar-refractivity contribution in [3.05, 3.63) is 0 Å². The van der Waals surface area contributed by atoms with Crippen LogP contribution in [0.3, 0.4) is 0 Å². The Kier molecular flexibility index (Phi) is 6.11. The maximum atomic E-state index is 10.9. The molecule has 0 aromatic rings. The average molecular weight is 307 g/mol. The lowest BCUT2D eigenvalue weighted by Gasteiger charge is -2.11. The van der Waals surface area contributed by atoms with Crippen LogP contribution in [0.4, 0.5) is 0 Å². The Morgan fingerprint density at radius 1 is 1.06 bits per heavy atom. The maximum absolute atomic E-state index is 10.9. The molecular weight excluding hydrogens is 296 g/mol. The van der Waals surface area contributed by atoms with Crippen LogP contribution >= 0.6 is 15.6 Å². The van der Waals surface area contributed by atoms with Crippen molar-refractivity contribution in [3.63, 3.8) is 0 Å². The molecule has 0 saturated carbocycles. The number of phosphoric ester groups is 2. The van der Waals surface area contributed by atoms with E-state index in [0.717, 1.165) is 0 Å². The van der Waals surface area contributed by atoms with Crippen molar-refractivity contribution in [2.75, 3.05) is 0 Å². The summed E-state index contributed by atoms with van der Waals surface area (Å²) >= 11 is 0. The summed E-state index contributed by atoms with van der Waals surface area (Å²) in [5, 5.41) is 0. The molecule has 0 fully saturated rings. The van der Waals surface area contributed by atoms with E-state index in [0.29, 0.717) is 0 Å². The summed E-state index contributed by atoms with van der Waals surface area (Å²) < 4.78 is 27.8. The normalized spacial score (nSPS) is 13.8. The zero-order valence-corrected chi connectivity index (χ0v) is 10.5. The van der Waals surface area contributed by atoms with Gasteiger partial charge in [-0.3, -0.25) is 24.4 Å². The van der Waals surface area contributed by atoms with Gasteiger partial charge < -0.3 is 14.8 Å². The minimum atomic E-state index is -5.03. The van der Waals surface area contributed by atoms with E-state index in [1.165, 1.54) is 0 Å². The Balaban J connectivity index is 4.15. The molecule has 0 aromatic heterocycles. The van der Waals surface area contributed by atoms with Crippen molar-refractivity contribution in [2.24, 2.45) is 5.73 Å². The van der Waals surface area contributed by atoms with E-state index in [2.05, 4.69) is 9.05 Å². The first kappa shape index (κ1) is 17.2. The number of nitrogens with two attached hydrogens (primary N) is 1. The molecule has 18 heavy (non-hydrogen) atoms. The van der Waals surface area contributed by atoms with Crippen LogP contribution in [0.2, 0.25) is 0 Å². The van der Waals surface area contributed by atoms with Crippen molar-refractivity contribution in [1.29, 1.82) is 0 Å². The molecule has 6 N–H and O–H groups in total. The largest absolute Gasteiger partial charge is 0.527 e. The van der Waals surface area contributed by atoms with Crippen LogP contribution in [0.25, 0.3) is 0 Å². The molecule has 0 aliphatic carbocycles. The highest BCUT2D eigenvalue weighted by Crippen LogP contribution is 2.37. The fourth-order valence-corrected chi connectivity index (χ4v) is 1.48. The van der Waals surface area contributed by atoms with Crippen molar-refractivity contribution in [1.82, 2.24) is 0 Å². The third-order valence-corrected chi connectivity index (χ3v) is 2.25. The Bertz CT molecular complexity index is 408. The van der Waals surface area contributed by atoms with E-state index < -0.39 is 46.5 Å². The van der Waals surface area contributed by atoms with Gasteiger partial charge in [0.15, 0.2) is 0 Å². The number of phosphoric acid groups is 2. The highest BCUT2D eigenvalue weighted by Gasteiger charge is 2.27. The molecule has 0 aliphatic heterocycles. The molecule has 0 amide bonds. The zero-order chi connectivity index (χ0) is 14.6. The van der Waals surface area contributed by atoms with Crippen molar-refractivity contribution in [3.8, 4) is 0 Å². The standard InChI is InChI=1S/C5H11NO10P2/c6-3(5(8)16-18(12,13)14)1-2-4(7)15-17(9,10)11/h3H,1-2,6H2,(H2,9,10,11)(H2,12,13,14). The Morgan fingerprint density at radius 3 is 1.89 bits per heavy atom. The lowest BCUT2D eigenvalue weighted by atomic mass is 10.2. The Labute approximate surface area is 100 Å². The lowest BCUT2D eigenvalue weighted by molar-refractivity contribution is -0.138. The minimum absolute atomic E-state index is 0.461. The molecule has 13 heteroatoms. The van der Waals surface area contributed by atoms with Gasteiger partial charge in [-0.2, -0.15) is 0 Å². The van der Waals surface area contributed by atoms with Crippen LogP contribution in [0.5, 0.6) is 0 Å². The van der Waals surface area contributed by atoms with E-state index in [-0.39, 0.29) is 0 Å². The van der Waals surface area contributed by atoms with Crippen molar-refractivity contribution < 1.29 is 47.3 Å². The maximum Gasteiger partial charge on any atom is 0.527 e. The predicted molar refractivity (Wildman–Crippen MR) is 53.5 cm³/mol. The van der Waals surface area contributed by atoms with Gasteiger partial charge in [-0.25, -0.2) is 13.9 Å². The molecule has 0 radical (unpaired) electrons. The summed E-state index contributed by atoms with van der Waals surface area (Å²) in [7, 11) is -10.00. The molecule has 0 heterocycles. The van der Waals surface area contributed by atoms with Crippen LogP contribution in [0.1, 0.15) is 12.8 Å². The van der Waals surface area contributed by atoms with Gasteiger partial charge in [-0.15, -0.1) is 0 Å². The second-order valence-corrected chi connectivity index (χ2v) is 5.33. The highest BCUT2D eigenvalue weighted by molar-refractivity contribution is 7.47. The van der Waals surface area contributed by atoms with Crippen LogP contribution < -0.4 is 5.73 Å². The molecule has 0 rings (SSSR count). The number of rotatable bonds is 6. The third-order valence-electron chi connectivity index (χ3n) is 1.39. The second-order valence-electron chi connectivity index (χ2n) is 3.00. The molecule has 1 unspecified atom stereocenters. The zero-order valence-electron chi connectivity index (χ0n) is 8.70. The molecule has 0 aliphatic rings. The monoisotopic (exact) mass is 307 g/mol. The first-order valence-electron chi connectivity index (χ1n) is 4.23. The first-order chi connectivity index (χ1) is 7.91. The summed E-state index contributed by atoms with van der Waals surface area (Å²) in [5.74, 6) is -2.77. The highest BCUT2D eigenvalue weighted by atomic mass is 31.2. The van der Waals surface area contributed by atoms with E-state index in [1.54, 1.807) is 0 Å². The van der Waals surface area contributed by atoms with Gasteiger partial charge in [-0.05, 0) is 6.42 Å². The van der Waals surface area contributed by atoms with Gasteiger partial charge >= 0.3 is 27.6 Å². The molecule has 0 spiro atoms. The number of hydrogen-bond donors (Lipinski definition) is 5. The molecule has 1 atom stereocenters. The van der Waals surface area contributed by atoms with Crippen molar-refractivity contribution >= 4 is 27.6 Å². The first-order valence-corrected chi connectivity index (χ1v) is 7.29. The molecule has 0 saturated heterocycles. The minimum Gasteiger partial charge on any atom is -0.371 e. The molecule has 0 aromatic carbocycles. The van der Waals surface area contributed by atoms with E-state index in [4.69, 9.17) is 25.3 Å². The number of carbonyl (C=O) groups excluding carboxylic acids is 2. The van der Waals surface area contributed by atoms with Gasteiger partial charge in [0.25, 0.3) is 0 Å². The van der Waals surface area contributed by atoms with Crippen LogP contribution in [0, 0.1) is 0 Å². The van der Waals surface area contributed by atoms with E-state index in [1.807, 2.05) is 0 Å². The fraction of sp³-hybridized carbons (Fsp3) is 0.600. The van der Waals surface area contributed by atoms with Crippen molar-refractivity contribution in [2.45, 2.75) is 18.9 Å². The summed E-state index contributed by atoms with van der Waals surface area (Å²) in [6.07, 6.45) is -1.10. The fourth-order valence-electron chi connectivity index (χ4n) is 0.754. The van der Waals surface area contributed by atoms with E-state index in [9.17, 15) is 18.7 Å². The molecule has 106 valence electrons. The lowest BCUT2D eigenvalue weighted by Crippen LogP contribution is -2.32. The Morgan fingerprint density at radius 2 is 1.50 bits per heavy atom. The quantitative estimate of drug-likeness (QED) is 0.353. The summed E-state index contributed by atoms with van der Waals surface area (Å²) in [6.45, 7) is 0. The van der Waals surface area contributed by atoms with Gasteiger partial charge in [-0.1, -0.05) is 0 Å². The predicted octanol–water partition coefficient (Wildman–Crippen LogP) is -1.63. The van der Waals surface area contributed by atoms with Crippen LogP contribution in [0.15, 0.2) is 0 Å². The second kappa shape index (κ2) is 6.39. The average Bonchev–Trinajstić information content (AvgIpc) is 2.08. The van der Waals surface area contributed by atoms with Gasteiger partial charge in [0, 0.05) is 6.42 Å². The third kappa shape index (κ3) is 9.25. The number of hydrogen-bond acceptors (Lipinski definition) is 7. The van der Waals surface area contributed by atoms with Gasteiger partial charge in [0.2, 0.25) is 0 Å². The topological polar surface area (TPSA) is 194 Å². The number of carbonyl (C=O) groups is 2. The summed E-state index contributed by atoms with van der Waals surface area (Å²) in [4.78, 5) is 54.8. The van der Waals surface area contributed by atoms with Gasteiger partial charge in [0.05, 0.1) is 0 Å². The van der Waals surface area contributed by atoms with E-state index >= 15 is 0 Å². The smallest absolute Gasteiger partial charge is 0.371 e. The molecule has 11 nitrogen and oxygen atoms in total. The van der Waals surface area contributed by atoms with Gasteiger partial charge in [0.1, 0.15) is 6.04 Å². The SMILES string of the molecule is NC(CCC(=O)OP(=O)(O)O)C(=O)OP(=O)(O)O. The van der Waals surface area contributed by atoms with Crippen LogP contribution in [-0.2, 0) is 27.8 Å². The molecule has 0 bridgehead atoms. The summed E-state index contributed by atoms with van der Waals surface area (Å²) in [5.41, 5.74) is 5.12. The Hall–Kier alpha value is -0.800.